The molecule has 0 saturated heterocycles. The molecule has 0 aliphatic rings. The third-order valence-corrected chi connectivity index (χ3v) is 4.94. The predicted molar refractivity (Wildman–Crippen MR) is 113 cm³/mol. The zero-order valence-corrected chi connectivity index (χ0v) is 17.5. The number of hydrogen-bond acceptors (Lipinski definition) is 6. The number of methoxy groups -OCH3 is 1. The van der Waals surface area contributed by atoms with Crippen LogP contribution in [0.2, 0.25) is 0 Å². The molecule has 1 atom stereocenters. The zero-order chi connectivity index (χ0) is 22.0. The standard InChI is InChI=1S/C23H25NO6/c1-13(2)12-24-18-8-6-5-7-15(18)10-17(23(24)28)16(11-20(26)29-4)22-21(27)19(25)9-14(3)30-22/h5-10,13,16,27H,11-12H2,1-4H3/t16-/m0/s1. The number of para-hydroxylation sites is 1. The van der Waals surface area contributed by atoms with E-state index in [4.69, 9.17) is 9.15 Å². The Labute approximate surface area is 173 Å². The molecule has 0 aliphatic heterocycles. The second-order valence-corrected chi connectivity index (χ2v) is 7.74. The van der Waals surface area contributed by atoms with E-state index in [1.807, 2.05) is 38.1 Å². The molecule has 7 heteroatoms. The molecule has 0 saturated carbocycles. The molecule has 158 valence electrons. The van der Waals surface area contributed by atoms with Crippen molar-refractivity contribution in [3.05, 3.63) is 74.1 Å². The summed E-state index contributed by atoms with van der Waals surface area (Å²) in [5.74, 6) is -1.82. The van der Waals surface area contributed by atoms with Gasteiger partial charge in [-0.25, -0.2) is 0 Å². The highest BCUT2D eigenvalue weighted by Gasteiger charge is 2.29. The quantitative estimate of drug-likeness (QED) is 0.625. The number of aromatic nitrogens is 1. The van der Waals surface area contributed by atoms with E-state index in [9.17, 15) is 19.5 Å². The van der Waals surface area contributed by atoms with Crippen molar-refractivity contribution in [2.24, 2.45) is 5.92 Å². The van der Waals surface area contributed by atoms with Gasteiger partial charge in [0.05, 0.1) is 25.0 Å². The number of rotatable bonds is 6. The third kappa shape index (κ3) is 4.15. The van der Waals surface area contributed by atoms with Gasteiger partial charge in [0.15, 0.2) is 5.76 Å². The number of aryl methyl sites for hydroxylation is 1. The number of esters is 1. The van der Waals surface area contributed by atoms with Crippen LogP contribution < -0.4 is 11.0 Å². The largest absolute Gasteiger partial charge is 0.502 e. The molecule has 1 aromatic carbocycles. The number of carbonyl (C=O) groups is 1. The first-order chi connectivity index (χ1) is 14.2. The summed E-state index contributed by atoms with van der Waals surface area (Å²) in [6, 6.07) is 10.3. The van der Waals surface area contributed by atoms with E-state index in [2.05, 4.69) is 0 Å². The topological polar surface area (TPSA) is 98.7 Å². The number of benzene rings is 1. The lowest BCUT2D eigenvalue weighted by molar-refractivity contribution is -0.140. The Morgan fingerprint density at radius 2 is 1.90 bits per heavy atom. The van der Waals surface area contributed by atoms with Gasteiger partial charge < -0.3 is 18.8 Å². The number of ether oxygens (including phenoxy) is 1. The first kappa shape index (κ1) is 21.4. The summed E-state index contributed by atoms with van der Waals surface area (Å²) < 4.78 is 12.1. The second kappa shape index (κ2) is 8.57. The minimum absolute atomic E-state index is 0.117. The lowest BCUT2D eigenvalue weighted by atomic mass is 9.91. The number of pyridine rings is 1. The van der Waals surface area contributed by atoms with E-state index in [-0.39, 0.29) is 35.0 Å². The van der Waals surface area contributed by atoms with Gasteiger partial charge in [-0.15, -0.1) is 0 Å². The number of carbonyl (C=O) groups excluding carboxylic acids is 1. The Morgan fingerprint density at radius 3 is 2.57 bits per heavy atom. The summed E-state index contributed by atoms with van der Waals surface area (Å²) in [4.78, 5) is 37.8. The SMILES string of the molecule is COC(=O)C[C@H](c1oc(C)cc(=O)c1O)c1cc2ccccc2n(CC(C)C)c1=O. The molecule has 3 rings (SSSR count). The van der Waals surface area contributed by atoms with Gasteiger partial charge in [0.1, 0.15) is 5.76 Å². The van der Waals surface area contributed by atoms with Crippen LogP contribution in [0.4, 0.5) is 0 Å². The first-order valence-corrected chi connectivity index (χ1v) is 9.75. The van der Waals surface area contributed by atoms with Crippen LogP contribution in [0.15, 0.2) is 50.4 Å². The number of nitrogens with zero attached hydrogens (tertiary/aromatic N) is 1. The van der Waals surface area contributed by atoms with Gasteiger partial charge in [0.25, 0.3) is 5.56 Å². The summed E-state index contributed by atoms with van der Waals surface area (Å²) >= 11 is 0. The van der Waals surface area contributed by atoms with Gasteiger partial charge in [-0.3, -0.25) is 14.4 Å². The van der Waals surface area contributed by atoms with Crippen LogP contribution in [0.3, 0.4) is 0 Å². The average molecular weight is 411 g/mol. The van der Waals surface area contributed by atoms with Crippen LogP contribution in [0.25, 0.3) is 10.9 Å². The van der Waals surface area contributed by atoms with Gasteiger partial charge >= 0.3 is 5.97 Å². The van der Waals surface area contributed by atoms with Crippen molar-refractivity contribution in [2.75, 3.05) is 7.11 Å². The molecule has 0 bridgehead atoms. The normalized spacial score (nSPS) is 12.3. The maximum Gasteiger partial charge on any atom is 0.306 e. The van der Waals surface area contributed by atoms with Crippen molar-refractivity contribution in [1.82, 2.24) is 4.57 Å². The average Bonchev–Trinajstić information content (AvgIpc) is 2.70. The Kier molecular flexibility index (Phi) is 6.10. The van der Waals surface area contributed by atoms with Gasteiger partial charge in [-0.1, -0.05) is 32.0 Å². The van der Waals surface area contributed by atoms with Gasteiger partial charge in [-0.2, -0.15) is 0 Å². The molecule has 0 radical (unpaired) electrons. The third-order valence-electron chi connectivity index (χ3n) is 4.94. The summed E-state index contributed by atoms with van der Waals surface area (Å²) in [6.07, 6.45) is -0.258. The fraction of sp³-hybridized carbons (Fsp3) is 0.348. The fourth-order valence-electron chi connectivity index (χ4n) is 3.60. The molecular formula is C23H25NO6. The lowest BCUT2D eigenvalue weighted by Crippen LogP contribution is -2.29. The lowest BCUT2D eigenvalue weighted by Gasteiger charge is -2.20. The van der Waals surface area contributed by atoms with Crippen molar-refractivity contribution in [1.29, 1.82) is 0 Å². The molecule has 0 amide bonds. The molecule has 0 aliphatic carbocycles. The molecule has 2 aromatic heterocycles. The second-order valence-electron chi connectivity index (χ2n) is 7.74. The Balaban J connectivity index is 2.34. The van der Waals surface area contributed by atoms with Crippen molar-refractivity contribution in [2.45, 2.75) is 39.7 Å². The van der Waals surface area contributed by atoms with Gasteiger partial charge in [0, 0.05) is 18.2 Å². The van der Waals surface area contributed by atoms with E-state index in [1.165, 1.54) is 7.11 Å². The highest BCUT2D eigenvalue weighted by Crippen LogP contribution is 2.33. The number of fused-ring (bicyclic) bond motifs is 1. The number of hydrogen-bond donors (Lipinski definition) is 1. The van der Waals surface area contributed by atoms with E-state index in [0.29, 0.717) is 6.54 Å². The maximum atomic E-state index is 13.5. The Hall–Kier alpha value is -3.35. The van der Waals surface area contributed by atoms with Gasteiger partial charge in [0.2, 0.25) is 11.2 Å². The fourth-order valence-corrected chi connectivity index (χ4v) is 3.60. The summed E-state index contributed by atoms with van der Waals surface area (Å²) in [7, 11) is 1.24. The summed E-state index contributed by atoms with van der Waals surface area (Å²) in [6.45, 7) is 6.05. The van der Waals surface area contributed by atoms with Crippen LogP contribution in [0.5, 0.6) is 5.75 Å². The van der Waals surface area contributed by atoms with E-state index in [1.54, 1.807) is 17.6 Å². The monoisotopic (exact) mass is 411 g/mol. The summed E-state index contributed by atoms with van der Waals surface area (Å²) in [5.41, 5.74) is 0.0854. The molecule has 2 heterocycles. The maximum absolute atomic E-state index is 13.5. The van der Waals surface area contributed by atoms with Crippen LogP contribution >= 0.6 is 0 Å². The Morgan fingerprint density at radius 1 is 1.20 bits per heavy atom. The Bertz CT molecular complexity index is 1200. The van der Waals surface area contributed by atoms with Crippen LogP contribution in [-0.4, -0.2) is 22.8 Å². The van der Waals surface area contributed by atoms with Crippen LogP contribution in [-0.2, 0) is 16.1 Å². The minimum atomic E-state index is -0.972. The molecule has 0 unspecified atom stereocenters. The highest BCUT2D eigenvalue weighted by atomic mass is 16.5. The van der Waals surface area contributed by atoms with Crippen LogP contribution in [0.1, 0.15) is 43.3 Å². The molecule has 0 spiro atoms. The van der Waals surface area contributed by atoms with Gasteiger partial charge in [-0.05, 0) is 30.4 Å². The molecular weight excluding hydrogens is 386 g/mol. The first-order valence-electron chi connectivity index (χ1n) is 9.75. The predicted octanol–water partition coefficient (Wildman–Crippen LogP) is 3.32. The van der Waals surface area contributed by atoms with E-state index < -0.39 is 23.1 Å². The smallest absolute Gasteiger partial charge is 0.306 e. The van der Waals surface area contributed by atoms with Crippen LogP contribution in [0, 0.1) is 12.8 Å². The number of aromatic hydroxyl groups is 1. The van der Waals surface area contributed by atoms with Crippen molar-refractivity contribution < 1.29 is 19.1 Å². The minimum Gasteiger partial charge on any atom is -0.502 e. The molecule has 7 nitrogen and oxygen atoms in total. The summed E-state index contributed by atoms with van der Waals surface area (Å²) in [5, 5.41) is 11.2. The van der Waals surface area contributed by atoms with E-state index >= 15 is 0 Å². The van der Waals surface area contributed by atoms with Crippen molar-refractivity contribution in [3.63, 3.8) is 0 Å². The molecule has 3 aromatic rings. The van der Waals surface area contributed by atoms with Crippen molar-refractivity contribution in [3.8, 4) is 5.75 Å². The van der Waals surface area contributed by atoms with E-state index in [0.717, 1.165) is 17.0 Å². The van der Waals surface area contributed by atoms with Crippen molar-refractivity contribution >= 4 is 16.9 Å². The zero-order valence-electron chi connectivity index (χ0n) is 17.5. The molecule has 30 heavy (non-hydrogen) atoms. The highest BCUT2D eigenvalue weighted by molar-refractivity contribution is 5.80. The molecule has 1 N–H and O–H groups in total. The molecule has 0 fully saturated rings.